The van der Waals surface area contributed by atoms with Crippen molar-refractivity contribution in [2.24, 2.45) is 0 Å². The molecule has 0 saturated carbocycles. The van der Waals surface area contributed by atoms with Crippen LogP contribution in [0.1, 0.15) is 48.9 Å². The van der Waals surface area contributed by atoms with Crippen LogP contribution in [0.15, 0.2) is 97.1 Å². The molecule has 3 aliphatic rings. The third kappa shape index (κ3) is 4.07. The van der Waals surface area contributed by atoms with Gasteiger partial charge in [0, 0.05) is 12.3 Å². The number of carbonyl (C=O) groups excluding carboxylic acids is 4. The maximum atomic E-state index is 13.6. The van der Waals surface area contributed by atoms with Crippen LogP contribution in [0.3, 0.4) is 0 Å². The molecule has 7 rings (SSSR count). The molecule has 1 unspecified atom stereocenters. The molecule has 8 heteroatoms. The van der Waals surface area contributed by atoms with E-state index in [-0.39, 0.29) is 36.6 Å². The molecule has 0 N–H and O–H groups in total. The normalized spacial score (nSPS) is 17.0. The number of hydrogen-bond donors (Lipinski definition) is 0. The van der Waals surface area contributed by atoms with Crippen LogP contribution in [0.25, 0.3) is 11.1 Å². The van der Waals surface area contributed by atoms with Crippen molar-refractivity contribution in [2.45, 2.75) is 24.9 Å². The van der Waals surface area contributed by atoms with E-state index in [0.29, 0.717) is 5.06 Å². The van der Waals surface area contributed by atoms with Gasteiger partial charge in [-0.2, -0.15) is 0 Å². The van der Waals surface area contributed by atoms with Gasteiger partial charge in [-0.25, -0.2) is 9.59 Å². The summed E-state index contributed by atoms with van der Waals surface area (Å²) >= 11 is 0. The summed E-state index contributed by atoms with van der Waals surface area (Å²) in [5.41, 5.74) is 6.45. The minimum absolute atomic E-state index is 0.0885. The predicted molar refractivity (Wildman–Crippen MR) is 148 cm³/mol. The molecular weight excluding hydrogens is 520 g/mol. The van der Waals surface area contributed by atoms with Crippen LogP contribution in [-0.2, 0) is 27.3 Å². The Labute approximate surface area is 235 Å². The van der Waals surface area contributed by atoms with Crippen molar-refractivity contribution in [2.75, 3.05) is 6.61 Å². The average molecular weight is 545 g/mol. The monoisotopic (exact) mass is 544 g/mol. The van der Waals surface area contributed by atoms with Crippen LogP contribution in [-0.4, -0.2) is 46.5 Å². The number of nitrogens with zero attached hydrogens (tertiary/aromatic N) is 2. The Bertz CT molecular complexity index is 1670. The average Bonchev–Trinajstić information content (AvgIpc) is 3.46. The standard InChI is InChI=1S/C33H24N2O6/c36-30-26-15-7-8-16-27(26)31(37)35(30)41-32(38)29-17-20-9-1-2-10-21(20)18-34(29)33(39)40-19-28-24-13-5-3-11-22(24)23-12-4-6-14-25(23)28/h1-16,28-29H,17-19H2. The summed E-state index contributed by atoms with van der Waals surface area (Å²) in [6.45, 7) is 0.208. The number of fused-ring (bicyclic) bond motifs is 5. The molecule has 2 heterocycles. The van der Waals surface area contributed by atoms with Crippen LogP contribution >= 0.6 is 0 Å². The van der Waals surface area contributed by atoms with E-state index in [1.807, 2.05) is 60.7 Å². The molecule has 0 spiro atoms. The number of ether oxygens (including phenoxy) is 1. The van der Waals surface area contributed by atoms with E-state index in [9.17, 15) is 19.2 Å². The predicted octanol–water partition coefficient (Wildman–Crippen LogP) is 5.12. The fraction of sp³-hybridized carbons (Fsp3) is 0.152. The summed E-state index contributed by atoms with van der Waals surface area (Å²) in [6, 6.07) is 28.8. The van der Waals surface area contributed by atoms with Crippen molar-refractivity contribution in [1.29, 1.82) is 0 Å². The van der Waals surface area contributed by atoms with Crippen molar-refractivity contribution < 1.29 is 28.8 Å². The highest BCUT2D eigenvalue weighted by molar-refractivity contribution is 6.21. The zero-order valence-corrected chi connectivity index (χ0v) is 21.9. The molecule has 0 saturated heterocycles. The number of hydrogen-bond acceptors (Lipinski definition) is 6. The molecular formula is C33H24N2O6. The lowest BCUT2D eigenvalue weighted by molar-refractivity contribution is -0.175. The van der Waals surface area contributed by atoms with Crippen molar-refractivity contribution in [3.8, 4) is 11.1 Å². The van der Waals surface area contributed by atoms with Gasteiger partial charge in [0.25, 0.3) is 11.8 Å². The van der Waals surface area contributed by atoms with Gasteiger partial charge in [0.1, 0.15) is 12.6 Å². The van der Waals surface area contributed by atoms with Crippen molar-refractivity contribution in [1.82, 2.24) is 9.96 Å². The van der Waals surface area contributed by atoms with Gasteiger partial charge < -0.3 is 9.57 Å². The van der Waals surface area contributed by atoms with E-state index in [0.717, 1.165) is 33.4 Å². The van der Waals surface area contributed by atoms with E-state index in [1.54, 1.807) is 12.1 Å². The van der Waals surface area contributed by atoms with E-state index in [4.69, 9.17) is 9.57 Å². The molecule has 4 aromatic carbocycles. The first-order valence-electron chi connectivity index (χ1n) is 13.4. The largest absolute Gasteiger partial charge is 0.448 e. The maximum absolute atomic E-state index is 13.6. The first-order chi connectivity index (χ1) is 20.0. The van der Waals surface area contributed by atoms with Gasteiger partial charge in [-0.05, 0) is 45.5 Å². The fourth-order valence-corrected chi connectivity index (χ4v) is 6.00. The lowest BCUT2D eigenvalue weighted by Gasteiger charge is -2.35. The Balaban J connectivity index is 1.13. The molecule has 0 aromatic heterocycles. The highest BCUT2D eigenvalue weighted by Crippen LogP contribution is 2.44. The summed E-state index contributed by atoms with van der Waals surface area (Å²) in [6.07, 6.45) is -0.520. The number of hydroxylamine groups is 2. The van der Waals surface area contributed by atoms with Crippen LogP contribution in [0.4, 0.5) is 4.79 Å². The molecule has 1 aliphatic carbocycles. The summed E-state index contributed by atoms with van der Waals surface area (Å²) < 4.78 is 5.87. The first kappa shape index (κ1) is 24.8. The Morgan fingerprint density at radius 3 is 1.80 bits per heavy atom. The summed E-state index contributed by atoms with van der Waals surface area (Å²) in [4.78, 5) is 59.4. The topological polar surface area (TPSA) is 93.2 Å². The van der Waals surface area contributed by atoms with Crippen LogP contribution in [0.5, 0.6) is 0 Å². The van der Waals surface area contributed by atoms with Crippen LogP contribution < -0.4 is 0 Å². The molecule has 0 radical (unpaired) electrons. The number of imide groups is 1. The number of carbonyl (C=O) groups is 4. The van der Waals surface area contributed by atoms with Gasteiger partial charge in [-0.1, -0.05) is 90.0 Å². The smallest absolute Gasteiger partial charge is 0.410 e. The van der Waals surface area contributed by atoms with E-state index >= 15 is 0 Å². The fourth-order valence-electron chi connectivity index (χ4n) is 6.00. The minimum atomic E-state index is -1.09. The molecule has 41 heavy (non-hydrogen) atoms. The van der Waals surface area contributed by atoms with Gasteiger partial charge in [-0.15, -0.1) is 0 Å². The van der Waals surface area contributed by atoms with Gasteiger partial charge in [0.2, 0.25) is 0 Å². The number of benzene rings is 4. The van der Waals surface area contributed by atoms with E-state index < -0.39 is 29.9 Å². The highest BCUT2D eigenvalue weighted by atomic mass is 16.7. The second kappa shape index (κ2) is 9.75. The second-order valence-corrected chi connectivity index (χ2v) is 10.3. The second-order valence-electron chi connectivity index (χ2n) is 10.3. The number of amides is 3. The minimum Gasteiger partial charge on any atom is -0.448 e. The highest BCUT2D eigenvalue weighted by Gasteiger charge is 2.43. The molecule has 8 nitrogen and oxygen atoms in total. The molecule has 0 fully saturated rings. The van der Waals surface area contributed by atoms with E-state index in [2.05, 4.69) is 12.1 Å². The molecule has 0 bridgehead atoms. The maximum Gasteiger partial charge on any atom is 0.410 e. The molecule has 3 amide bonds. The zero-order valence-electron chi connectivity index (χ0n) is 21.9. The van der Waals surface area contributed by atoms with Crippen LogP contribution in [0.2, 0.25) is 0 Å². The summed E-state index contributed by atoms with van der Waals surface area (Å²) in [5.74, 6) is -2.47. The summed E-state index contributed by atoms with van der Waals surface area (Å²) in [5, 5.41) is 0.476. The third-order valence-corrected chi connectivity index (χ3v) is 8.03. The molecule has 1 atom stereocenters. The first-order valence-corrected chi connectivity index (χ1v) is 13.4. The van der Waals surface area contributed by atoms with Gasteiger partial charge in [0.15, 0.2) is 0 Å². The lowest BCUT2D eigenvalue weighted by Crippen LogP contribution is -2.51. The third-order valence-electron chi connectivity index (χ3n) is 8.03. The Hall–Kier alpha value is -5.24. The van der Waals surface area contributed by atoms with Crippen molar-refractivity contribution in [3.63, 3.8) is 0 Å². The van der Waals surface area contributed by atoms with Crippen LogP contribution in [0, 0.1) is 0 Å². The van der Waals surface area contributed by atoms with Gasteiger partial charge >= 0.3 is 12.1 Å². The zero-order chi connectivity index (χ0) is 28.1. The van der Waals surface area contributed by atoms with Gasteiger partial charge in [-0.3, -0.25) is 14.5 Å². The van der Waals surface area contributed by atoms with Gasteiger partial charge in [0.05, 0.1) is 17.7 Å². The SMILES string of the molecule is O=C(ON1C(=O)c2ccccc2C1=O)C1Cc2ccccc2CN1C(=O)OCC1c2ccccc2-c2ccccc21. The molecule has 2 aliphatic heterocycles. The molecule has 202 valence electrons. The summed E-state index contributed by atoms with van der Waals surface area (Å²) in [7, 11) is 0. The van der Waals surface area contributed by atoms with E-state index in [1.165, 1.54) is 17.0 Å². The molecule has 4 aromatic rings. The Morgan fingerprint density at radius 2 is 1.20 bits per heavy atom. The lowest BCUT2D eigenvalue weighted by atomic mass is 9.94. The van der Waals surface area contributed by atoms with Crippen molar-refractivity contribution >= 4 is 23.9 Å². The quantitative estimate of drug-likeness (QED) is 0.331. The van der Waals surface area contributed by atoms with Crippen molar-refractivity contribution in [3.05, 3.63) is 130 Å². The Morgan fingerprint density at radius 1 is 0.683 bits per heavy atom. The Kier molecular flexibility index (Phi) is 5.89. The number of rotatable bonds is 4.